The van der Waals surface area contributed by atoms with Gasteiger partial charge in [0.1, 0.15) is 5.82 Å². The van der Waals surface area contributed by atoms with Gasteiger partial charge in [0.15, 0.2) is 11.6 Å². The number of nitrogens with one attached hydrogen (secondary N) is 2. The summed E-state index contributed by atoms with van der Waals surface area (Å²) in [5, 5.41) is 2.71. The molecule has 3 aromatic rings. The molecule has 1 aliphatic heterocycles. The number of amides is 1. The molecule has 0 spiro atoms. The van der Waals surface area contributed by atoms with Crippen LogP contribution >= 0.6 is 0 Å². The Balaban J connectivity index is 1.70. The van der Waals surface area contributed by atoms with E-state index in [1.54, 1.807) is 4.90 Å². The number of alkyl halides is 3. The van der Waals surface area contributed by atoms with Gasteiger partial charge in [0.25, 0.3) is 11.5 Å². The third-order valence-corrected chi connectivity index (χ3v) is 6.38. The van der Waals surface area contributed by atoms with Crippen molar-refractivity contribution in [1.29, 1.82) is 0 Å². The van der Waals surface area contributed by atoms with Gasteiger partial charge in [0.05, 0.1) is 47.0 Å². The molecular weight excluding hydrogens is 508 g/mol. The zero-order valence-corrected chi connectivity index (χ0v) is 21.5. The average molecular weight is 537 g/mol. The summed E-state index contributed by atoms with van der Waals surface area (Å²) in [4.78, 5) is 33.6. The number of methoxy groups -OCH3 is 1. The number of rotatable bonds is 5. The number of hydrogen-bond donors (Lipinski definition) is 2. The largest absolute Gasteiger partial charge is 0.493 e. The molecule has 2 N–H and O–H groups in total. The highest BCUT2D eigenvalue weighted by Crippen LogP contribution is 2.38. The highest BCUT2D eigenvalue weighted by Gasteiger charge is 2.36. The lowest BCUT2D eigenvalue weighted by atomic mass is 9.98. The van der Waals surface area contributed by atoms with Gasteiger partial charge in [-0.05, 0) is 57.5 Å². The van der Waals surface area contributed by atoms with Gasteiger partial charge in [-0.25, -0.2) is 9.37 Å². The minimum Gasteiger partial charge on any atom is -0.493 e. The third kappa shape index (κ3) is 5.31. The first kappa shape index (κ1) is 27.4. The zero-order valence-electron chi connectivity index (χ0n) is 21.5. The summed E-state index contributed by atoms with van der Waals surface area (Å²) >= 11 is 0. The summed E-state index contributed by atoms with van der Waals surface area (Å²) in [7, 11) is 1.21. The molecule has 1 unspecified atom stereocenters. The summed E-state index contributed by atoms with van der Waals surface area (Å²) in [5.74, 6) is -1.52. The Morgan fingerprint density at radius 2 is 1.89 bits per heavy atom. The van der Waals surface area contributed by atoms with Gasteiger partial charge in [0, 0.05) is 19.1 Å². The first-order valence-corrected chi connectivity index (χ1v) is 12.0. The first-order chi connectivity index (χ1) is 17.8. The van der Waals surface area contributed by atoms with Gasteiger partial charge in [-0.3, -0.25) is 9.59 Å². The Morgan fingerprint density at radius 3 is 2.50 bits per heavy atom. The van der Waals surface area contributed by atoms with Crippen LogP contribution in [0.3, 0.4) is 0 Å². The van der Waals surface area contributed by atoms with Gasteiger partial charge >= 0.3 is 6.18 Å². The highest BCUT2D eigenvalue weighted by atomic mass is 19.4. The number of nitrogens with zero attached hydrogens (tertiary/aromatic N) is 2. The number of aryl methyl sites for hydroxylation is 1. The summed E-state index contributed by atoms with van der Waals surface area (Å²) in [5.41, 5.74) is -2.14. The van der Waals surface area contributed by atoms with Crippen molar-refractivity contribution in [2.24, 2.45) is 0 Å². The van der Waals surface area contributed by atoms with E-state index in [0.717, 1.165) is 12.1 Å². The summed E-state index contributed by atoms with van der Waals surface area (Å²) in [6, 6.07) is 3.48. The van der Waals surface area contributed by atoms with Crippen molar-refractivity contribution >= 4 is 22.5 Å². The molecule has 1 aromatic heterocycles. The maximum absolute atomic E-state index is 15.5. The van der Waals surface area contributed by atoms with Crippen LogP contribution in [0.5, 0.6) is 5.75 Å². The first-order valence-electron chi connectivity index (χ1n) is 12.0. The van der Waals surface area contributed by atoms with Crippen LogP contribution in [0.1, 0.15) is 54.1 Å². The molecule has 204 valence electrons. The number of fused-ring (bicyclic) bond motifs is 1. The Hall–Kier alpha value is -3.67. The second kappa shape index (κ2) is 10.2. The lowest BCUT2D eigenvalue weighted by Crippen LogP contribution is -2.48. The number of morpholine rings is 1. The van der Waals surface area contributed by atoms with E-state index in [4.69, 9.17) is 9.47 Å². The Labute approximate surface area is 216 Å². The van der Waals surface area contributed by atoms with Gasteiger partial charge in [-0.2, -0.15) is 13.2 Å². The molecule has 1 fully saturated rings. The molecule has 1 amide bonds. The van der Waals surface area contributed by atoms with E-state index in [1.807, 2.05) is 13.8 Å². The van der Waals surface area contributed by atoms with E-state index in [1.165, 1.54) is 33.1 Å². The summed E-state index contributed by atoms with van der Waals surface area (Å²) in [6.07, 6.45) is -5.15. The molecule has 2 heterocycles. The van der Waals surface area contributed by atoms with Crippen LogP contribution in [0.15, 0.2) is 29.1 Å². The smallest absolute Gasteiger partial charge is 0.416 e. The SMILES string of the molecule is COc1c(C(=O)N2C[C@@H](C)O[C@@H](C)C2)ccc(NC(C)c2cc3c(=O)[nH]c(C)nc3cc2C(F)(F)F)c1F. The molecule has 8 nitrogen and oxygen atoms in total. The number of ether oxygens (including phenoxy) is 2. The molecule has 3 atom stereocenters. The number of hydrogen-bond acceptors (Lipinski definition) is 6. The lowest BCUT2D eigenvalue weighted by Gasteiger charge is -2.35. The molecule has 0 saturated carbocycles. The second-order valence-corrected chi connectivity index (χ2v) is 9.45. The number of aromatic nitrogens is 2. The minimum atomic E-state index is -4.75. The van der Waals surface area contributed by atoms with E-state index < -0.39 is 35.1 Å². The van der Waals surface area contributed by atoms with Crippen molar-refractivity contribution < 1.29 is 31.8 Å². The molecule has 1 aliphatic rings. The number of anilines is 1. The van der Waals surface area contributed by atoms with Crippen LogP contribution in [0.2, 0.25) is 0 Å². The number of carbonyl (C=O) groups excluding carboxylic acids is 1. The van der Waals surface area contributed by atoms with E-state index in [0.29, 0.717) is 13.1 Å². The Morgan fingerprint density at radius 1 is 1.24 bits per heavy atom. The van der Waals surface area contributed by atoms with Crippen LogP contribution in [0.4, 0.5) is 23.2 Å². The average Bonchev–Trinajstić information content (AvgIpc) is 2.82. The molecule has 4 rings (SSSR count). The van der Waals surface area contributed by atoms with Crippen LogP contribution in [-0.4, -0.2) is 53.2 Å². The molecule has 0 aliphatic carbocycles. The minimum absolute atomic E-state index is 0.0147. The molecular formula is C26H28F4N4O4. The van der Waals surface area contributed by atoms with E-state index >= 15 is 4.39 Å². The molecule has 38 heavy (non-hydrogen) atoms. The Bertz CT molecular complexity index is 1430. The molecule has 0 radical (unpaired) electrons. The number of H-pyrrole nitrogens is 1. The molecule has 1 saturated heterocycles. The van der Waals surface area contributed by atoms with Crippen molar-refractivity contribution in [2.75, 3.05) is 25.5 Å². The van der Waals surface area contributed by atoms with E-state index in [9.17, 15) is 22.8 Å². The maximum atomic E-state index is 15.5. The van der Waals surface area contributed by atoms with Crippen LogP contribution in [0, 0.1) is 12.7 Å². The van der Waals surface area contributed by atoms with Crippen LogP contribution in [0.25, 0.3) is 10.9 Å². The number of halogens is 4. The summed E-state index contributed by atoms with van der Waals surface area (Å²) in [6.45, 7) is 7.18. The van der Waals surface area contributed by atoms with Gasteiger partial charge in [-0.15, -0.1) is 0 Å². The van der Waals surface area contributed by atoms with Crippen LogP contribution < -0.4 is 15.6 Å². The maximum Gasteiger partial charge on any atom is 0.416 e. The third-order valence-electron chi connectivity index (χ3n) is 6.38. The van der Waals surface area contributed by atoms with Crippen LogP contribution in [-0.2, 0) is 10.9 Å². The fourth-order valence-electron chi connectivity index (χ4n) is 4.78. The number of carbonyl (C=O) groups is 1. The summed E-state index contributed by atoms with van der Waals surface area (Å²) < 4.78 is 68.3. The Kier molecular flexibility index (Phi) is 7.37. The number of benzene rings is 2. The standard InChI is InChI=1S/C26H28F4N4O4/c1-12-10-34(11-13(2)38-12)25(36)16-6-7-20(22(27)23(16)37-5)31-14(3)17-8-18-21(9-19(17)26(28,29)30)32-15(4)33-24(18)35/h6-9,12-14,31H,10-11H2,1-5H3,(H,32,33,35)/t12-,13+,14?. The predicted molar refractivity (Wildman–Crippen MR) is 133 cm³/mol. The van der Waals surface area contributed by atoms with Crippen molar-refractivity contribution in [2.45, 2.75) is 52.1 Å². The fourth-order valence-corrected chi connectivity index (χ4v) is 4.78. The van der Waals surface area contributed by atoms with Crippen molar-refractivity contribution in [3.8, 4) is 5.75 Å². The zero-order chi connectivity index (χ0) is 27.9. The predicted octanol–water partition coefficient (Wildman–Crippen LogP) is 4.82. The van der Waals surface area contributed by atoms with Gasteiger partial charge in [-0.1, -0.05) is 0 Å². The van der Waals surface area contributed by atoms with Crippen molar-refractivity contribution in [1.82, 2.24) is 14.9 Å². The molecule has 12 heteroatoms. The normalized spacial score (nSPS) is 18.9. The van der Waals surface area contributed by atoms with Gasteiger partial charge < -0.3 is 24.7 Å². The lowest BCUT2D eigenvalue weighted by molar-refractivity contribution is -0.138. The topological polar surface area (TPSA) is 96.5 Å². The number of aromatic amines is 1. The highest BCUT2D eigenvalue weighted by molar-refractivity contribution is 5.97. The molecule has 0 bridgehead atoms. The second-order valence-electron chi connectivity index (χ2n) is 9.45. The molecule has 2 aromatic carbocycles. The monoisotopic (exact) mass is 536 g/mol. The van der Waals surface area contributed by atoms with E-state index in [-0.39, 0.29) is 51.5 Å². The quantitative estimate of drug-likeness (QED) is 0.454. The van der Waals surface area contributed by atoms with Crippen molar-refractivity contribution in [3.63, 3.8) is 0 Å². The fraction of sp³-hybridized carbons (Fsp3) is 0.423. The van der Waals surface area contributed by atoms with Gasteiger partial charge in [0.2, 0.25) is 0 Å². The van der Waals surface area contributed by atoms with E-state index in [2.05, 4.69) is 15.3 Å². The van der Waals surface area contributed by atoms with Crippen molar-refractivity contribution in [3.05, 3.63) is 63.0 Å².